The summed E-state index contributed by atoms with van der Waals surface area (Å²) in [7, 11) is 0. The number of fused-ring (bicyclic) bond motifs is 5. The van der Waals surface area contributed by atoms with E-state index in [1.807, 2.05) is 12.0 Å². The molecule has 0 aromatic heterocycles. The van der Waals surface area contributed by atoms with Gasteiger partial charge in [-0.05, 0) is 86.9 Å². The van der Waals surface area contributed by atoms with Gasteiger partial charge in [0.05, 0.1) is 5.71 Å². The van der Waals surface area contributed by atoms with Crippen molar-refractivity contribution >= 4 is 11.5 Å². The van der Waals surface area contributed by atoms with Gasteiger partial charge in [-0.25, -0.2) is 4.39 Å². The highest BCUT2D eigenvalue weighted by molar-refractivity contribution is 5.91. The van der Waals surface area contributed by atoms with Crippen molar-refractivity contribution in [1.82, 2.24) is 5.06 Å². The number of ketones is 1. The second-order valence-corrected chi connectivity index (χ2v) is 10.9. The highest BCUT2D eigenvalue weighted by Gasteiger charge is 2.63. The Morgan fingerprint density at radius 1 is 1.17 bits per heavy atom. The molecule has 160 valence electrons. The van der Waals surface area contributed by atoms with Crippen LogP contribution in [0.25, 0.3) is 0 Å². The Kier molecular flexibility index (Phi) is 4.69. The molecule has 0 bridgehead atoms. The van der Waals surface area contributed by atoms with Gasteiger partial charge in [0.25, 0.3) is 0 Å². The summed E-state index contributed by atoms with van der Waals surface area (Å²) in [6.45, 7) is 10.9. The third kappa shape index (κ3) is 2.94. The van der Waals surface area contributed by atoms with Crippen LogP contribution < -0.4 is 0 Å². The van der Waals surface area contributed by atoms with Crippen LogP contribution in [0.15, 0.2) is 17.3 Å². The van der Waals surface area contributed by atoms with E-state index in [-0.39, 0.29) is 17.1 Å². The maximum absolute atomic E-state index is 14.4. The van der Waals surface area contributed by atoms with Crippen LogP contribution in [0.1, 0.15) is 71.6 Å². The van der Waals surface area contributed by atoms with E-state index in [0.717, 1.165) is 51.6 Å². The number of hydrogen-bond acceptors (Lipinski definition) is 4. The molecule has 5 fully saturated rings. The molecule has 4 saturated carbocycles. The third-order valence-electron chi connectivity index (χ3n) is 9.51. The summed E-state index contributed by atoms with van der Waals surface area (Å²) < 4.78 is 14.4. The maximum Gasteiger partial charge on any atom is 0.173 e. The molecule has 0 aromatic rings. The third-order valence-corrected chi connectivity index (χ3v) is 9.51. The zero-order valence-corrected chi connectivity index (χ0v) is 18.0. The average Bonchev–Trinajstić information content (AvgIpc) is 3.29. The van der Waals surface area contributed by atoms with Crippen molar-refractivity contribution in [2.45, 2.75) is 77.8 Å². The number of hydroxylamine groups is 2. The molecule has 4 aliphatic carbocycles. The maximum atomic E-state index is 14.4. The Morgan fingerprint density at radius 2 is 1.93 bits per heavy atom. The highest BCUT2D eigenvalue weighted by Crippen LogP contribution is 2.66. The monoisotopic (exact) mass is 402 g/mol. The summed E-state index contributed by atoms with van der Waals surface area (Å²) in [5, 5.41) is 6.49. The molecular formula is C24H35FN2O2. The summed E-state index contributed by atoms with van der Waals surface area (Å²) in [6, 6.07) is 0. The molecule has 0 aromatic carbocycles. The van der Waals surface area contributed by atoms with Gasteiger partial charge >= 0.3 is 0 Å². The van der Waals surface area contributed by atoms with Crippen molar-refractivity contribution in [3.05, 3.63) is 12.2 Å². The second kappa shape index (κ2) is 6.90. The van der Waals surface area contributed by atoms with Crippen molar-refractivity contribution in [2.75, 3.05) is 13.1 Å². The van der Waals surface area contributed by atoms with Gasteiger partial charge < -0.3 is 0 Å². The van der Waals surface area contributed by atoms with Gasteiger partial charge in [-0.3, -0.25) is 9.73 Å². The van der Waals surface area contributed by atoms with Crippen LogP contribution in [0.5, 0.6) is 0 Å². The minimum absolute atomic E-state index is 0.129. The number of alkyl halides is 1. The van der Waals surface area contributed by atoms with E-state index in [9.17, 15) is 9.18 Å². The number of halogens is 1. The van der Waals surface area contributed by atoms with E-state index in [1.54, 1.807) is 0 Å². The Morgan fingerprint density at radius 3 is 2.69 bits per heavy atom. The van der Waals surface area contributed by atoms with Crippen molar-refractivity contribution in [1.29, 1.82) is 0 Å². The first-order valence-electron chi connectivity index (χ1n) is 11.7. The number of hydrogen-bond donors (Lipinski definition) is 0. The van der Waals surface area contributed by atoms with Crippen LogP contribution in [0, 0.1) is 34.5 Å². The number of oxime groups is 1. The van der Waals surface area contributed by atoms with Gasteiger partial charge in [0.15, 0.2) is 12.0 Å². The smallest absolute Gasteiger partial charge is 0.173 e. The Balaban J connectivity index is 1.36. The number of Topliss-reactive ketones (excluding diaryl/α,β-unsaturated/α-hetero) is 1. The number of rotatable bonds is 2. The van der Waals surface area contributed by atoms with E-state index < -0.39 is 11.6 Å². The first-order valence-corrected chi connectivity index (χ1v) is 11.7. The minimum atomic E-state index is -1.25. The fraction of sp³-hybridized carbons (Fsp3) is 0.833. The molecule has 0 N–H and O–H groups in total. The number of carbonyl (C=O) groups is 1. The summed E-state index contributed by atoms with van der Waals surface area (Å²) in [5.41, 5.74) is 2.20. The van der Waals surface area contributed by atoms with Gasteiger partial charge in [-0.15, -0.1) is 5.06 Å². The second-order valence-electron chi connectivity index (χ2n) is 10.9. The van der Waals surface area contributed by atoms with Gasteiger partial charge in [0, 0.05) is 18.5 Å². The van der Waals surface area contributed by atoms with Crippen molar-refractivity contribution in [3.8, 4) is 0 Å². The van der Waals surface area contributed by atoms with Crippen LogP contribution in [0.3, 0.4) is 0 Å². The van der Waals surface area contributed by atoms with Gasteiger partial charge in [0.2, 0.25) is 0 Å². The standard InChI is InChI=1S/C24H35FN2O2/c1-15-12-17-18(7-9-24(3)20(17)14-21(25)22(24)28)23(2)8-6-16(13-19(15)23)26-29-27-10-4-5-11-27/h17-21H,1,4-14H2,2-3H3. The van der Waals surface area contributed by atoms with Crippen molar-refractivity contribution < 1.29 is 14.1 Å². The fourth-order valence-corrected chi connectivity index (χ4v) is 7.77. The Labute approximate surface area is 173 Å². The van der Waals surface area contributed by atoms with Crippen LogP contribution in [0.4, 0.5) is 4.39 Å². The molecule has 4 nitrogen and oxygen atoms in total. The van der Waals surface area contributed by atoms with Crippen LogP contribution in [0.2, 0.25) is 0 Å². The summed E-state index contributed by atoms with van der Waals surface area (Å²) in [6.07, 6.45) is 7.42. The van der Waals surface area contributed by atoms with Crippen LogP contribution in [-0.2, 0) is 9.73 Å². The van der Waals surface area contributed by atoms with E-state index in [0.29, 0.717) is 24.2 Å². The van der Waals surface area contributed by atoms with Gasteiger partial charge in [-0.2, -0.15) is 0 Å². The lowest BCUT2D eigenvalue weighted by Gasteiger charge is -2.60. The molecular weight excluding hydrogens is 367 g/mol. The summed E-state index contributed by atoms with van der Waals surface area (Å²) in [5.74, 6) is 1.46. The molecule has 1 aliphatic heterocycles. The van der Waals surface area contributed by atoms with Crippen LogP contribution >= 0.6 is 0 Å². The molecule has 5 heteroatoms. The molecule has 1 saturated heterocycles. The Bertz CT molecular complexity index is 745. The van der Waals surface area contributed by atoms with Crippen molar-refractivity contribution in [3.63, 3.8) is 0 Å². The molecule has 7 atom stereocenters. The lowest BCUT2D eigenvalue weighted by molar-refractivity contribution is -0.143. The highest BCUT2D eigenvalue weighted by atomic mass is 19.1. The largest absolute Gasteiger partial charge is 0.297 e. The zero-order chi connectivity index (χ0) is 20.4. The normalized spacial score (nSPS) is 49.1. The molecule has 5 aliphatic rings. The molecule has 0 radical (unpaired) electrons. The zero-order valence-electron chi connectivity index (χ0n) is 18.0. The van der Waals surface area contributed by atoms with E-state index in [2.05, 4.69) is 18.7 Å². The molecule has 0 amide bonds. The summed E-state index contributed by atoms with van der Waals surface area (Å²) in [4.78, 5) is 18.3. The first-order chi connectivity index (χ1) is 13.8. The minimum Gasteiger partial charge on any atom is -0.297 e. The van der Waals surface area contributed by atoms with Crippen molar-refractivity contribution in [2.24, 2.45) is 39.7 Å². The summed E-state index contributed by atoms with van der Waals surface area (Å²) >= 11 is 0. The molecule has 5 rings (SSSR count). The molecule has 7 unspecified atom stereocenters. The van der Waals surface area contributed by atoms with E-state index in [4.69, 9.17) is 4.94 Å². The molecule has 0 spiro atoms. The number of nitrogens with zero attached hydrogens (tertiary/aromatic N) is 2. The molecule has 1 heterocycles. The van der Waals surface area contributed by atoms with E-state index >= 15 is 0 Å². The lowest BCUT2D eigenvalue weighted by atomic mass is 9.44. The average molecular weight is 403 g/mol. The van der Waals surface area contributed by atoms with Gasteiger partial charge in [0.1, 0.15) is 0 Å². The Hall–Kier alpha value is -1.23. The first kappa shape index (κ1) is 19.7. The molecule has 29 heavy (non-hydrogen) atoms. The fourth-order valence-electron chi connectivity index (χ4n) is 7.77. The van der Waals surface area contributed by atoms with Gasteiger partial charge in [-0.1, -0.05) is 31.2 Å². The number of carbonyl (C=O) groups excluding carboxylic acids is 1. The quantitative estimate of drug-likeness (QED) is 0.477. The lowest BCUT2D eigenvalue weighted by Crippen LogP contribution is -2.54. The van der Waals surface area contributed by atoms with E-state index in [1.165, 1.54) is 24.1 Å². The SMILES string of the molecule is C=C1CC2C3CC(F)C(=O)C3(C)CCC2C2(C)CCC(=NON3CCCC3)CC12. The predicted molar refractivity (Wildman–Crippen MR) is 111 cm³/mol. The number of allylic oxidation sites excluding steroid dienone is 1. The van der Waals surface area contributed by atoms with Crippen LogP contribution in [-0.4, -0.2) is 35.8 Å². The topological polar surface area (TPSA) is 41.9 Å². The predicted octanol–water partition coefficient (Wildman–Crippen LogP) is 5.10.